The van der Waals surface area contributed by atoms with E-state index in [4.69, 9.17) is 4.74 Å². The molecule has 0 radical (unpaired) electrons. The molecule has 3 aliphatic rings. The third-order valence-electron chi connectivity index (χ3n) is 6.35. The highest BCUT2D eigenvalue weighted by Crippen LogP contribution is 2.52. The van der Waals surface area contributed by atoms with Crippen LogP contribution in [0.5, 0.6) is 0 Å². The van der Waals surface area contributed by atoms with E-state index in [2.05, 4.69) is 19.2 Å². The number of hydrogen-bond acceptors (Lipinski definition) is 3. The van der Waals surface area contributed by atoms with Crippen molar-refractivity contribution < 1.29 is 9.84 Å². The number of ether oxygens (including phenoxy) is 1. The topological polar surface area (TPSA) is 41.5 Å². The fourth-order valence-electron chi connectivity index (χ4n) is 5.12. The Kier molecular flexibility index (Phi) is 4.13. The van der Waals surface area contributed by atoms with Crippen molar-refractivity contribution in [2.45, 2.75) is 70.9 Å². The second-order valence-corrected chi connectivity index (χ2v) is 7.96. The van der Waals surface area contributed by atoms with E-state index in [-0.39, 0.29) is 5.41 Å². The molecule has 0 aromatic heterocycles. The molecule has 0 amide bonds. The zero-order valence-electron chi connectivity index (χ0n) is 13.2. The smallest absolute Gasteiger partial charge is 0.0685 e. The van der Waals surface area contributed by atoms with Gasteiger partial charge in [0, 0.05) is 37.1 Å². The van der Waals surface area contributed by atoms with Gasteiger partial charge in [-0.15, -0.1) is 0 Å². The summed E-state index contributed by atoms with van der Waals surface area (Å²) in [4.78, 5) is 0. The molecular formula is C17H31NO2. The van der Waals surface area contributed by atoms with E-state index < -0.39 is 0 Å². The Morgan fingerprint density at radius 1 is 1.20 bits per heavy atom. The molecule has 0 aromatic carbocycles. The fraction of sp³-hybridized carbons (Fsp3) is 1.00. The Bertz CT molecular complexity index is 330. The van der Waals surface area contributed by atoms with Gasteiger partial charge >= 0.3 is 0 Å². The van der Waals surface area contributed by atoms with E-state index >= 15 is 0 Å². The predicted octanol–water partition coefficient (Wildman–Crippen LogP) is 2.72. The second-order valence-electron chi connectivity index (χ2n) is 7.96. The van der Waals surface area contributed by atoms with Gasteiger partial charge in [0.2, 0.25) is 0 Å². The normalized spacial score (nSPS) is 38.2. The van der Waals surface area contributed by atoms with Gasteiger partial charge in [-0.3, -0.25) is 0 Å². The minimum Gasteiger partial charge on any atom is -0.396 e. The summed E-state index contributed by atoms with van der Waals surface area (Å²) in [6, 6.07) is 0.604. The van der Waals surface area contributed by atoms with Crippen molar-refractivity contribution in [1.29, 1.82) is 0 Å². The third-order valence-corrected chi connectivity index (χ3v) is 6.35. The van der Waals surface area contributed by atoms with Gasteiger partial charge in [-0.2, -0.15) is 0 Å². The first-order valence-electron chi connectivity index (χ1n) is 8.55. The van der Waals surface area contributed by atoms with Crippen LogP contribution in [0.4, 0.5) is 0 Å². The number of aliphatic hydroxyl groups excluding tert-OH is 1. The highest BCUT2D eigenvalue weighted by molar-refractivity contribution is 5.11. The number of fused-ring (bicyclic) bond motifs is 1. The maximum absolute atomic E-state index is 9.43. The van der Waals surface area contributed by atoms with Crippen LogP contribution in [-0.2, 0) is 4.74 Å². The molecular weight excluding hydrogens is 250 g/mol. The van der Waals surface area contributed by atoms with Crippen molar-refractivity contribution >= 4 is 0 Å². The minimum absolute atomic E-state index is 0.274. The van der Waals surface area contributed by atoms with Crippen LogP contribution >= 0.6 is 0 Å². The van der Waals surface area contributed by atoms with Crippen LogP contribution < -0.4 is 5.32 Å². The van der Waals surface area contributed by atoms with Gasteiger partial charge in [-0.25, -0.2) is 0 Å². The van der Waals surface area contributed by atoms with E-state index in [1.165, 1.54) is 38.5 Å². The highest BCUT2D eigenvalue weighted by atomic mass is 16.5. The zero-order valence-corrected chi connectivity index (χ0v) is 13.2. The molecule has 2 aliphatic carbocycles. The van der Waals surface area contributed by atoms with E-state index in [0.717, 1.165) is 25.5 Å². The van der Waals surface area contributed by atoms with E-state index in [1.807, 2.05) is 0 Å². The van der Waals surface area contributed by atoms with E-state index in [1.54, 1.807) is 0 Å². The highest BCUT2D eigenvalue weighted by Gasteiger charge is 2.59. The molecule has 3 nitrogen and oxygen atoms in total. The average Bonchev–Trinajstić information content (AvgIpc) is 2.87. The Hall–Kier alpha value is -0.120. The van der Waals surface area contributed by atoms with Gasteiger partial charge in [0.25, 0.3) is 0 Å². The summed E-state index contributed by atoms with van der Waals surface area (Å²) < 4.78 is 5.88. The van der Waals surface area contributed by atoms with Crippen molar-refractivity contribution in [2.75, 3.05) is 19.8 Å². The third kappa shape index (κ3) is 2.42. The van der Waals surface area contributed by atoms with Crippen molar-refractivity contribution in [2.24, 2.45) is 16.7 Å². The first-order valence-corrected chi connectivity index (χ1v) is 8.55. The molecule has 3 atom stereocenters. The maximum atomic E-state index is 9.43. The fourth-order valence-corrected chi connectivity index (χ4v) is 5.12. The van der Waals surface area contributed by atoms with Crippen LogP contribution in [-0.4, -0.2) is 37.0 Å². The lowest BCUT2D eigenvalue weighted by Gasteiger charge is -2.56. The Labute approximate surface area is 123 Å². The zero-order chi connectivity index (χ0) is 14.2. The van der Waals surface area contributed by atoms with Gasteiger partial charge in [-0.05, 0) is 31.1 Å². The number of rotatable bonds is 5. The van der Waals surface area contributed by atoms with Crippen molar-refractivity contribution in [3.8, 4) is 0 Å². The molecule has 3 unspecified atom stereocenters. The quantitative estimate of drug-likeness (QED) is 0.814. The summed E-state index contributed by atoms with van der Waals surface area (Å²) in [6.07, 6.45) is 9.30. The van der Waals surface area contributed by atoms with Crippen molar-refractivity contribution in [3.63, 3.8) is 0 Å². The van der Waals surface area contributed by atoms with Crippen LogP contribution in [0, 0.1) is 16.7 Å². The molecule has 0 spiro atoms. The lowest BCUT2D eigenvalue weighted by molar-refractivity contribution is -0.115. The predicted molar refractivity (Wildman–Crippen MR) is 80.6 cm³/mol. The first kappa shape index (κ1) is 14.8. The molecule has 1 saturated heterocycles. The largest absolute Gasteiger partial charge is 0.396 e. The monoisotopic (exact) mass is 281 g/mol. The molecule has 0 bridgehead atoms. The van der Waals surface area contributed by atoms with Crippen LogP contribution in [0.25, 0.3) is 0 Å². The van der Waals surface area contributed by atoms with Crippen molar-refractivity contribution in [3.05, 3.63) is 0 Å². The number of nitrogens with one attached hydrogen (secondary N) is 1. The molecule has 1 aliphatic heterocycles. The summed E-state index contributed by atoms with van der Waals surface area (Å²) >= 11 is 0. The Morgan fingerprint density at radius 2 is 1.95 bits per heavy atom. The lowest BCUT2D eigenvalue weighted by Crippen LogP contribution is -2.66. The van der Waals surface area contributed by atoms with Crippen molar-refractivity contribution in [1.82, 2.24) is 5.32 Å². The van der Waals surface area contributed by atoms with Crippen LogP contribution in [0.15, 0.2) is 0 Å². The lowest BCUT2D eigenvalue weighted by atomic mass is 9.57. The Morgan fingerprint density at radius 3 is 2.65 bits per heavy atom. The SMILES string of the molecule is CC1(C)C(NCC2(CCO)CCCCC2)C2CCOC21. The first-order chi connectivity index (χ1) is 9.59. The molecule has 20 heavy (non-hydrogen) atoms. The molecule has 0 aromatic rings. The summed E-state index contributed by atoms with van der Waals surface area (Å²) in [5, 5.41) is 13.3. The molecule has 3 fully saturated rings. The van der Waals surface area contributed by atoms with Gasteiger partial charge in [0.1, 0.15) is 0 Å². The van der Waals surface area contributed by atoms with Gasteiger partial charge in [-0.1, -0.05) is 33.1 Å². The molecule has 2 saturated carbocycles. The summed E-state index contributed by atoms with van der Waals surface area (Å²) in [7, 11) is 0. The van der Waals surface area contributed by atoms with Crippen LogP contribution in [0.1, 0.15) is 58.8 Å². The van der Waals surface area contributed by atoms with Gasteiger partial charge < -0.3 is 15.2 Å². The minimum atomic E-state index is 0.274. The average molecular weight is 281 g/mol. The van der Waals surface area contributed by atoms with Gasteiger partial charge in [0.15, 0.2) is 0 Å². The standard InChI is InChI=1S/C17H31NO2/c1-16(2)14(13-6-11-20-15(13)16)18-12-17(9-10-19)7-4-3-5-8-17/h13-15,18-19H,3-12H2,1-2H3. The molecule has 2 N–H and O–H groups in total. The number of hydrogen-bond donors (Lipinski definition) is 2. The number of aliphatic hydroxyl groups is 1. The summed E-state index contributed by atoms with van der Waals surface area (Å²) in [5.74, 6) is 0.722. The maximum Gasteiger partial charge on any atom is 0.0685 e. The second kappa shape index (κ2) is 5.58. The van der Waals surface area contributed by atoms with Crippen LogP contribution in [0.3, 0.4) is 0 Å². The molecule has 3 rings (SSSR count). The van der Waals surface area contributed by atoms with E-state index in [0.29, 0.717) is 24.2 Å². The summed E-state index contributed by atoms with van der Waals surface area (Å²) in [5.41, 5.74) is 0.629. The molecule has 3 heteroatoms. The molecule has 116 valence electrons. The molecule has 1 heterocycles. The van der Waals surface area contributed by atoms with Gasteiger partial charge in [0.05, 0.1) is 6.10 Å². The van der Waals surface area contributed by atoms with E-state index in [9.17, 15) is 5.11 Å². The Balaban J connectivity index is 1.60. The van der Waals surface area contributed by atoms with Crippen LogP contribution in [0.2, 0.25) is 0 Å². The summed E-state index contributed by atoms with van der Waals surface area (Å²) in [6.45, 7) is 7.06.